The zero-order valence-corrected chi connectivity index (χ0v) is 44.9. The fourth-order valence-corrected chi connectivity index (χ4v) is 5.23. The van der Waals surface area contributed by atoms with E-state index in [9.17, 15) is 0 Å². The Balaban J connectivity index is -0.000000321. The van der Waals surface area contributed by atoms with Crippen LogP contribution in [0.2, 0.25) is 0 Å². The van der Waals surface area contributed by atoms with E-state index in [-0.39, 0.29) is 0 Å². The van der Waals surface area contributed by atoms with Gasteiger partial charge in [-0.1, -0.05) is 183 Å². The van der Waals surface area contributed by atoms with Gasteiger partial charge in [-0.05, 0) is 116 Å². The van der Waals surface area contributed by atoms with Gasteiger partial charge in [-0.2, -0.15) is 16.4 Å². The largest absolute Gasteiger partial charge is 0.497 e. The summed E-state index contributed by atoms with van der Waals surface area (Å²) in [5.41, 5.74) is 6.51. The maximum atomic E-state index is 4.93. The molecule has 0 atom stereocenters. The summed E-state index contributed by atoms with van der Waals surface area (Å²) in [4.78, 5) is 1.38. The van der Waals surface area contributed by atoms with Gasteiger partial charge in [0.05, 0.1) is 20.0 Å². The lowest BCUT2D eigenvalue weighted by molar-refractivity contribution is 0.185. The van der Waals surface area contributed by atoms with Gasteiger partial charge in [0.1, 0.15) is 11.5 Å². The van der Waals surface area contributed by atoms with E-state index >= 15 is 0 Å². The Bertz CT molecular complexity index is 1810. The number of para-hydroxylation sites is 1. The van der Waals surface area contributed by atoms with Crippen LogP contribution in [-0.2, 0) is 24.8 Å². The SMILES string of the molecule is CC.CC.CC.CC.CCc1ccccc1.COCc1ccccc1.COc1ccccc1.Cc1ccccc1.Cc1ccco1.Cc1cccs1.Cc1ccnn1C.Cc1ccsc1. The number of benzene rings is 4. The van der Waals surface area contributed by atoms with Gasteiger partial charge in [0.15, 0.2) is 0 Å². The first kappa shape index (κ1) is 66.1. The van der Waals surface area contributed by atoms with Crippen molar-refractivity contribution >= 4 is 22.7 Å². The summed E-state index contributed by atoms with van der Waals surface area (Å²) in [6.45, 7) is 29.1. The smallest absolute Gasteiger partial charge is 0.118 e. The van der Waals surface area contributed by atoms with Crippen molar-refractivity contribution < 1.29 is 13.9 Å². The highest BCUT2D eigenvalue weighted by atomic mass is 32.1. The van der Waals surface area contributed by atoms with Crippen molar-refractivity contribution in [3.8, 4) is 5.75 Å². The molecule has 0 N–H and O–H groups in total. The molecule has 4 aromatic carbocycles. The summed E-state index contributed by atoms with van der Waals surface area (Å²) in [7, 11) is 5.29. The predicted octanol–water partition coefficient (Wildman–Crippen LogP) is 18.3. The highest BCUT2D eigenvalue weighted by Crippen LogP contribution is 2.06. The first-order chi connectivity index (χ1) is 31.7. The minimum Gasteiger partial charge on any atom is -0.497 e. The third-order valence-electron chi connectivity index (χ3n) is 7.38. The number of ether oxygens (including phenoxy) is 2. The molecule has 0 spiro atoms. The van der Waals surface area contributed by atoms with Crippen LogP contribution in [0.5, 0.6) is 5.75 Å². The van der Waals surface area contributed by atoms with Crippen LogP contribution in [0.15, 0.2) is 191 Å². The van der Waals surface area contributed by atoms with Crippen LogP contribution in [0.1, 0.15) is 101 Å². The summed E-state index contributed by atoms with van der Waals surface area (Å²) in [6.07, 6.45) is 4.59. The lowest BCUT2D eigenvalue weighted by Crippen LogP contribution is -1.90. The van der Waals surface area contributed by atoms with Crippen LogP contribution in [-0.4, -0.2) is 24.0 Å². The lowest BCUT2D eigenvalue weighted by atomic mass is 10.2. The van der Waals surface area contributed by atoms with Crippen LogP contribution in [0.25, 0.3) is 0 Å². The number of rotatable bonds is 4. The van der Waals surface area contributed by atoms with Gasteiger partial charge < -0.3 is 13.9 Å². The summed E-state index contributed by atoms with van der Waals surface area (Å²) in [6, 6.07) is 52.5. The van der Waals surface area contributed by atoms with Crippen molar-refractivity contribution in [3.63, 3.8) is 0 Å². The fourth-order valence-electron chi connectivity index (χ4n) is 4.04. The second kappa shape index (κ2) is 52.9. The molecule has 358 valence electrons. The molecular weight excluding hydrogens is 837 g/mol. The van der Waals surface area contributed by atoms with Crippen molar-refractivity contribution in [2.24, 2.45) is 7.05 Å². The van der Waals surface area contributed by atoms with Gasteiger partial charge in [0, 0.05) is 30.9 Å². The molecule has 0 amide bonds. The van der Waals surface area contributed by atoms with Crippen molar-refractivity contribution in [2.75, 3.05) is 14.2 Å². The molecule has 0 saturated carbocycles. The molecule has 8 aromatic rings. The maximum absolute atomic E-state index is 4.93. The summed E-state index contributed by atoms with van der Waals surface area (Å²) in [5.74, 6) is 1.88. The van der Waals surface area contributed by atoms with Crippen LogP contribution >= 0.6 is 22.7 Å². The molecule has 4 aromatic heterocycles. The summed E-state index contributed by atoms with van der Waals surface area (Å²) < 4.78 is 16.5. The van der Waals surface area contributed by atoms with Gasteiger partial charge in [0.25, 0.3) is 0 Å². The Kier molecular flexibility index (Phi) is 53.8. The van der Waals surface area contributed by atoms with E-state index < -0.39 is 0 Å². The Labute approximate surface area is 406 Å². The topological polar surface area (TPSA) is 49.4 Å². The third-order valence-corrected chi connectivity index (χ3v) is 8.98. The molecule has 7 heteroatoms. The fraction of sp³-hybridized carbons (Fsp3) is 0.328. The summed E-state index contributed by atoms with van der Waals surface area (Å²) >= 11 is 3.52. The molecule has 8 rings (SSSR count). The minimum atomic E-state index is 0.709. The Morgan fingerprint density at radius 3 is 1.25 bits per heavy atom. The Morgan fingerprint density at radius 1 is 0.538 bits per heavy atom. The number of hydrogen-bond donors (Lipinski definition) is 0. The Morgan fingerprint density at radius 2 is 1.05 bits per heavy atom. The van der Waals surface area contributed by atoms with E-state index in [4.69, 9.17) is 13.9 Å². The normalized spacial score (nSPS) is 8.26. The van der Waals surface area contributed by atoms with Crippen molar-refractivity contribution in [1.29, 1.82) is 0 Å². The number of thiophene rings is 2. The number of methoxy groups -OCH3 is 2. The molecule has 0 saturated heterocycles. The molecular formula is C58H86N2O3S2. The average molecular weight is 923 g/mol. The lowest BCUT2D eigenvalue weighted by Gasteiger charge is -1.95. The van der Waals surface area contributed by atoms with E-state index in [0.29, 0.717) is 6.61 Å². The number of aryl methyl sites for hydroxylation is 7. The third kappa shape index (κ3) is 44.9. The quantitative estimate of drug-likeness (QED) is 0.176. The van der Waals surface area contributed by atoms with Gasteiger partial charge in [-0.25, -0.2) is 0 Å². The molecule has 0 aliphatic heterocycles. The molecule has 0 aliphatic carbocycles. The zero-order valence-electron chi connectivity index (χ0n) is 43.2. The van der Waals surface area contributed by atoms with Crippen LogP contribution < -0.4 is 4.74 Å². The van der Waals surface area contributed by atoms with Crippen LogP contribution in [0.4, 0.5) is 0 Å². The second-order valence-corrected chi connectivity index (χ2v) is 14.2. The monoisotopic (exact) mass is 923 g/mol. The zero-order chi connectivity index (χ0) is 49.8. The van der Waals surface area contributed by atoms with E-state index in [0.717, 1.165) is 17.9 Å². The van der Waals surface area contributed by atoms with Crippen molar-refractivity contribution in [1.82, 2.24) is 9.78 Å². The van der Waals surface area contributed by atoms with Crippen LogP contribution in [0, 0.1) is 34.6 Å². The molecule has 0 radical (unpaired) electrons. The highest BCUT2D eigenvalue weighted by Gasteiger charge is 1.85. The highest BCUT2D eigenvalue weighted by molar-refractivity contribution is 7.09. The van der Waals surface area contributed by atoms with Gasteiger partial charge in [-0.3, -0.25) is 4.68 Å². The number of furan rings is 1. The van der Waals surface area contributed by atoms with Gasteiger partial charge >= 0.3 is 0 Å². The minimum absolute atomic E-state index is 0.709. The first-order valence-corrected chi connectivity index (χ1v) is 24.6. The maximum Gasteiger partial charge on any atom is 0.118 e. The van der Waals surface area contributed by atoms with Crippen molar-refractivity contribution in [2.45, 2.75) is 110 Å². The van der Waals surface area contributed by atoms with E-state index in [1.165, 1.54) is 32.8 Å². The summed E-state index contributed by atoms with van der Waals surface area (Å²) in [5, 5.41) is 10.2. The molecule has 65 heavy (non-hydrogen) atoms. The predicted molar refractivity (Wildman–Crippen MR) is 292 cm³/mol. The van der Waals surface area contributed by atoms with Crippen molar-refractivity contribution in [3.05, 3.63) is 225 Å². The van der Waals surface area contributed by atoms with E-state index in [2.05, 4.69) is 104 Å². The number of hydrogen-bond acceptors (Lipinski definition) is 6. The molecule has 5 nitrogen and oxygen atoms in total. The average Bonchev–Trinajstić information content (AvgIpc) is 4.24. The second-order valence-electron chi connectivity index (χ2n) is 12.3. The number of aromatic nitrogens is 2. The van der Waals surface area contributed by atoms with Gasteiger partial charge in [-0.15, -0.1) is 11.3 Å². The van der Waals surface area contributed by atoms with Gasteiger partial charge in [0.2, 0.25) is 0 Å². The molecule has 0 unspecified atom stereocenters. The first-order valence-electron chi connectivity index (χ1n) is 22.8. The molecule has 0 aliphatic rings. The molecule has 0 fully saturated rings. The molecule has 0 bridgehead atoms. The Hall–Kier alpha value is -5.47. The van der Waals surface area contributed by atoms with Crippen LogP contribution in [0.3, 0.4) is 0 Å². The van der Waals surface area contributed by atoms with E-state index in [1.54, 1.807) is 49.4 Å². The number of nitrogens with zero attached hydrogens (tertiary/aromatic N) is 2. The van der Waals surface area contributed by atoms with E-state index in [1.807, 2.05) is 184 Å². The molecule has 4 heterocycles. The standard InChI is InChI=1S/C8H10O.C8H10.C7H8O.C7H8.C5H8N2.C5H6O.2C5H6S.4C2H6/c1-9-7-8-5-3-2-4-6-8;1-2-8-6-4-3-5-7-8;1-8-7-5-3-2-4-6-7;1-7-5-3-2-4-6-7;1-5-3-4-6-7(5)2;1-5-3-2-4-6-5;1-5-2-3-6-4-5;1-5-3-2-4-6-5;4*1-2/h2-6H,7H2,1H3;3-7H,2H2,1H3;2-6H,1H3;2-6H,1H3;3-4H,1-2H3;3*2-4H,1H3;4*1-2H3.